The Hall–Kier alpha value is -6.12. The Morgan fingerprint density at radius 3 is 1.68 bits per heavy atom. The van der Waals surface area contributed by atoms with Crippen LogP contribution >= 0.6 is 0 Å². The number of methoxy groups -OCH3 is 2. The summed E-state index contributed by atoms with van der Waals surface area (Å²) in [5.41, 5.74) is 5.28. The number of nitrogens with one attached hydrogen (secondary N) is 4. The van der Waals surface area contributed by atoms with E-state index in [-0.39, 0.29) is 35.7 Å². The zero-order valence-electron chi connectivity index (χ0n) is 32.0. The summed E-state index contributed by atoms with van der Waals surface area (Å²) in [7, 11) is 2.61. The summed E-state index contributed by atoms with van der Waals surface area (Å²) in [5.74, 6) is 2.30. The van der Waals surface area contributed by atoms with E-state index in [9.17, 15) is 19.2 Å². The number of furan rings is 1. The lowest BCUT2D eigenvalue weighted by Gasteiger charge is -2.28. The molecule has 9 rings (SSSR count). The van der Waals surface area contributed by atoms with E-state index in [4.69, 9.17) is 18.9 Å². The number of hydrogen-bond acceptors (Lipinski definition) is 9. The molecule has 2 saturated heterocycles. The van der Waals surface area contributed by atoms with E-state index in [1.807, 2.05) is 52.3 Å². The average Bonchev–Trinajstić information content (AvgIpc) is 3.82. The number of hydrogen-bond donors (Lipinski definition) is 4. The van der Waals surface area contributed by atoms with Gasteiger partial charge < -0.3 is 44.3 Å². The average molecular weight is 775 g/mol. The molecule has 2 aliphatic heterocycles. The number of likely N-dealkylation sites (tertiary alicyclic amines) is 2. The fourth-order valence-electron chi connectivity index (χ4n) is 8.45. The van der Waals surface area contributed by atoms with Crippen LogP contribution in [0.2, 0.25) is 0 Å². The Balaban J connectivity index is 0.873. The first-order valence-electron chi connectivity index (χ1n) is 19.8. The maximum Gasteiger partial charge on any atom is 0.407 e. The Morgan fingerprint density at radius 2 is 1.18 bits per heavy atom. The molecule has 0 radical (unpaired) electrons. The number of nitrogens with zero attached hydrogens (tertiary/aromatic N) is 4. The molecule has 4 atom stereocenters. The third-order valence-electron chi connectivity index (χ3n) is 11.8. The highest BCUT2D eigenvalue weighted by Crippen LogP contribution is 2.40. The van der Waals surface area contributed by atoms with Crippen LogP contribution in [0.1, 0.15) is 75.1 Å². The molecular weight excluding hydrogens is 729 g/mol. The van der Waals surface area contributed by atoms with Gasteiger partial charge in [0.1, 0.15) is 35.1 Å². The maximum atomic E-state index is 13.6. The van der Waals surface area contributed by atoms with Crippen LogP contribution in [-0.2, 0) is 19.1 Å². The Morgan fingerprint density at radius 1 is 0.684 bits per heavy atom. The standard InChI is InChI=1S/C42H46N8O7/c1-55-41(53)47-35(25-11-12-25)39(51)49-17-3-5-31(49)37-43-21-29(45-37)23-7-9-24(10-8-23)34-20-28-19-27(15-16-33(28)57-34)30-22-44-38(46-30)32-6-4-18-50(32)40(52)36(26-13-14-26)48-42(54)56-2/h7-10,15-16,19-22,25-26,31-32,35-36H,3-6,11-14,17-18H2,1-2H3,(H,43,45)(H,44,46)(H,47,53)(H,48,54)/t31-,32?,35+,36-/m0/s1. The predicted molar refractivity (Wildman–Crippen MR) is 208 cm³/mol. The van der Waals surface area contributed by atoms with Crippen molar-refractivity contribution in [2.75, 3.05) is 27.3 Å². The first-order chi connectivity index (χ1) is 27.8. The summed E-state index contributed by atoms with van der Waals surface area (Å²) in [6.45, 7) is 1.23. The van der Waals surface area contributed by atoms with Gasteiger partial charge in [-0.15, -0.1) is 0 Å². The summed E-state index contributed by atoms with van der Waals surface area (Å²) in [4.78, 5) is 71.2. The van der Waals surface area contributed by atoms with Crippen molar-refractivity contribution in [1.82, 2.24) is 40.4 Å². The van der Waals surface area contributed by atoms with E-state index in [2.05, 4.69) is 31.7 Å². The van der Waals surface area contributed by atoms with E-state index in [1.54, 1.807) is 12.4 Å². The van der Waals surface area contributed by atoms with Crippen molar-refractivity contribution < 1.29 is 33.1 Å². The Labute approximate surface area is 328 Å². The minimum Gasteiger partial charge on any atom is -0.456 e. The van der Waals surface area contributed by atoms with Crippen molar-refractivity contribution in [1.29, 1.82) is 0 Å². The van der Waals surface area contributed by atoms with Crippen molar-refractivity contribution in [3.63, 3.8) is 0 Å². The molecule has 5 aromatic rings. The third-order valence-corrected chi connectivity index (χ3v) is 11.8. The quantitative estimate of drug-likeness (QED) is 0.117. The third kappa shape index (κ3) is 7.33. The lowest BCUT2D eigenvalue weighted by Crippen LogP contribution is -2.49. The number of ether oxygens (including phenoxy) is 2. The monoisotopic (exact) mass is 774 g/mol. The number of carbonyl (C=O) groups excluding carboxylic acids is 4. The second-order valence-electron chi connectivity index (χ2n) is 15.6. The minimum absolute atomic E-state index is 0.0850. The van der Waals surface area contributed by atoms with Crippen molar-refractivity contribution in [3.8, 4) is 33.8 Å². The van der Waals surface area contributed by atoms with Gasteiger partial charge in [-0.25, -0.2) is 19.6 Å². The lowest BCUT2D eigenvalue weighted by atomic mass is 10.1. The molecule has 2 saturated carbocycles. The Bertz CT molecular complexity index is 2310. The van der Waals surface area contributed by atoms with Gasteiger partial charge in [0, 0.05) is 29.6 Å². The van der Waals surface area contributed by atoms with Crippen LogP contribution in [-0.4, -0.2) is 93.1 Å². The molecule has 0 spiro atoms. The molecule has 296 valence electrons. The SMILES string of the molecule is COC(=O)N[C@H](C(=O)N1CCCC1c1ncc(-c2ccc3oc(-c4ccc(-c5cnc([C@@H]6CCCN6C(=O)[C@H](NC(=O)OC)C6CC6)[nH]5)cc4)cc3c2)[nH]1)C1CC1. The molecule has 1 unspecified atom stereocenters. The molecule has 0 bridgehead atoms. The van der Waals surface area contributed by atoms with Crippen molar-refractivity contribution in [3.05, 3.63) is 72.6 Å². The highest BCUT2D eigenvalue weighted by molar-refractivity contribution is 5.89. The van der Waals surface area contributed by atoms with Gasteiger partial charge >= 0.3 is 12.2 Å². The van der Waals surface area contributed by atoms with Crippen LogP contribution < -0.4 is 10.6 Å². The van der Waals surface area contributed by atoms with Gasteiger partial charge in [0.25, 0.3) is 0 Å². The zero-order chi connectivity index (χ0) is 39.2. The number of aromatic amines is 2. The van der Waals surface area contributed by atoms with E-state index in [0.717, 1.165) is 108 Å². The van der Waals surface area contributed by atoms with Gasteiger partial charge in [0.05, 0.1) is 50.1 Å². The number of fused-ring (bicyclic) bond motifs is 1. The molecular formula is C42H46N8O7. The Kier molecular flexibility index (Phi) is 9.66. The van der Waals surface area contributed by atoms with E-state index in [1.165, 1.54) is 14.2 Å². The predicted octanol–water partition coefficient (Wildman–Crippen LogP) is 6.48. The van der Waals surface area contributed by atoms with Gasteiger partial charge in [0.2, 0.25) is 11.8 Å². The summed E-state index contributed by atoms with van der Waals surface area (Å²) in [5, 5.41) is 6.46. The molecule has 4 fully saturated rings. The van der Waals surface area contributed by atoms with Gasteiger partial charge in [-0.2, -0.15) is 0 Å². The smallest absolute Gasteiger partial charge is 0.407 e. The number of benzene rings is 2. The molecule has 4 N–H and O–H groups in total. The number of imidazole rings is 2. The molecule has 2 aromatic carbocycles. The van der Waals surface area contributed by atoms with Crippen LogP contribution in [0.15, 0.2) is 65.3 Å². The molecule has 5 heterocycles. The molecule has 2 aliphatic carbocycles. The van der Waals surface area contributed by atoms with Gasteiger partial charge in [-0.05, 0) is 93.0 Å². The van der Waals surface area contributed by atoms with Crippen LogP contribution in [0.5, 0.6) is 0 Å². The molecule has 4 amide bonds. The second-order valence-corrected chi connectivity index (χ2v) is 15.6. The van der Waals surface area contributed by atoms with Gasteiger partial charge in [-0.3, -0.25) is 9.59 Å². The zero-order valence-corrected chi connectivity index (χ0v) is 32.0. The maximum absolute atomic E-state index is 13.6. The molecule has 4 aliphatic rings. The van der Waals surface area contributed by atoms with Gasteiger partial charge in [0.15, 0.2) is 0 Å². The van der Waals surface area contributed by atoms with Crippen molar-refractivity contribution in [2.24, 2.45) is 11.8 Å². The normalized spacial score (nSPS) is 20.4. The van der Waals surface area contributed by atoms with Crippen molar-refractivity contribution in [2.45, 2.75) is 75.5 Å². The number of H-pyrrole nitrogens is 2. The molecule has 15 heteroatoms. The first-order valence-corrected chi connectivity index (χ1v) is 19.8. The molecule has 57 heavy (non-hydrogen) atoms. The summed E-state index contributed by atoms with van der Waals surface area (Å²) >= 11 is 0. The minimum atomic E-state index is -0.590. The van der Waals surface area contributed by atoms with E-state index >= 15 is 0 Å². The number of rotatable bonds is 11. The van der Waals surface area contributed by atoms with Crippen LogP contribution in [0.4, 0.5) is 9.59 Å². The van der Waals surface area contributed by atoms with Crippen LogP contribution in [0, 0.1) is 11.8 Å². The lowest BCUT2D eigenvalue weighted by molar-refractivity contribution is -0.135. The highest BCUT2D eigenvalue weighted by Gasteiger charge is 2.44. The highest BCUT2D eigenvalue weighted by atomic mass is 16.5. The van der Waals surface area contributed by atoms with Crippen molar-refractivity contribution >= 4 is 35.0 Å². The number of amides is 4. The summed E-state index contributed by atoms with van der Waals surface area (Å²) in [6, 6.07) is 14.6. The van der Waals surface area contributed by atoms with E-state index < -0.39 is 24.3 Å². The second kappa shape index (κ2) is 15.1. The topological polar surface area (TPSA) is 188 Å². The largest absolute Gasteiger partial charge is 0.456 e. The number of alkyl carbamates (subject to hydrolysis) is 2. The number of carbonyl (C=O) groups is 4. The van der Waals surface area contributed by atoms with E-state index in [0.29, 0.717) is 13.1 Å². The first kappa shape index (κ1) is 36.5. The fourth-order valence-corrected chi connectivity index (χ4v) is 8.45. The molecule has 3 aromatic heterocycles. The number of aromatic nitrogens is 4. The fraction of sp³-hybridized carbons (Fsp3) is 0.429. The van der Waals surface area contributed by atoms with Crippen LogP contribution in [0.25, 0.3) is 44.8 Å². The summed E-state index contributed by atoms with van der Waals surface area (Å²) in [6.07, 6.45) is 9.36. The van der Waals surface area contributed by atoms with Gasteiger partial charge in [-0.1, -0.05) is 24.3 Å². The summed E-state index contributed by atoms with van der Waals surface area (Å²) < 4.78 is 15.9. The molecule has 15 nitrogen and oxygen atoms in total. The van der Waals surface area contributed by atoms with Crippen LogP contribution in [0.3, 0.4) is 0 Å².